The minimum Gasteiger partial charge on any atom is -0.490 e. The summed E-state index contributed by atoms with van der Waals surface area (Å²) in [6.07, 6.45) is -3.77. The van der Waals surface area contributed by atoms with Gasteiger partial charge in [0.1, 0.15) is 11.9 Å². The molecule has 1 aliphatic rings. The lowest BCUT2D eigenvalue weighted by Crippen LogP contribution is -2.13. The maximum absolute atomic E-state index is 13.0. The summed E-state index contributed by atoms with van der Waals surface area (Å²) >= 11 is 5.59. The average molecular weight is 423 g/mol. The number of carbonyl (C=O) groups excluding carboxylic acids is 1. The van der Waals surface area contributed by atoms with Crippen LogP contribution in [0.3, 0.4) is 0 Å². The van der Waals surface area contributed by atoms with E-state index in [1.54, 1.807) is 6.07 Å². The quantitative estimate of drug-likeness (QED) is 0.597. The van der Waals surface area contributed by atoms with Gasteiger partial charge in [-0.1, -0.05) is 16.8 Å². The normalized spacial score (nSPS) is 15.7. The van der Waals surface area contributed by atoms with E-state index in [1.165, 1.54) is 12.1 Å². The van der Waals surface area contributed by atoms with Gasteiger partial charge in [0, 0.05) is 23.7 Å². The molecule has 2 aromatic carbocycles. The highest BCUT2D eigenvalue weighted by molar-refractivity contribution is 6.31. The van der Waals surface area contributed by atoms with E-state index >= 15 is 0 Å². The predicted molar refractivity (Wildman–Crippen MR) is 100 cm³/mol. The van der Waals surface area contributed by atoms with Crippen LogP contribution in [0, 0.1) is 0 Å². The van der Waals surface area contributed by atoms with Crippen LogP contribution < -0.4 is 10.1 Å². The van der Waals surface area contributed by atoms with Crippen LogP contribution in [0.25, 0.3) is 11.3 Å². The fraction of sp³-hybridized carbons (Fsp3) is 0.200. The van der Waals surface area contributed by atoms with E-state index in [-0.39, 0.29) is 17.5 Å². The van der Waals surface area contributed by atoms with Crippen LogP contribution in [0.15, 0.2) is 47.0 Å². The molecule has 0 aliphatic carbocycles. The van der Waals surface area contributed by atoms with Gasteiger partial charge in [0.25, 0.3) is 5.91 Å². The molecule has 1 aliphatic heterocycles. The molecular formula is C20H14ClF3N2O3. The molecule has 0 saturated carbocycles. The second-order valence-electron chi connectivity index (χ2n) is 6.68. The number of ether oxygens (including phenoxy) is 1. The van der Waals surface area contributed by atoms with Gasteiger partial charge in [-0.05, 0) is 48.9 Å². The van der Waals surface area contributed by atoms with Crippen molar-refractivity contribution in [3.8, 4) is 17.1 Å². The number of amides is 1. The summed E-state index contributed by atoms with van der Waals surface area (Å²) in [6, 6.07) is 10.0. The number of rotatable bonds is 3. The van der Waals surface area contributed by atoms with Crippen LogP contribution in [0.1, 0.15) is 28.5 Å². The third-order valence-electron chi connectivity index (χ3n) is 4.45. The van der Waals surface area contributed by atoms with Crippen LogP contribution in [0.4, 0.5) is 18.9 Å². The molecule has 3 aromatic rings. The maximum Gasteiger partial charge on any atom is 0.417 e. The van der Waals surface area contributed by atoms with Gasteiger partial charge in [0.05, 0.1) is 10.6 Å². The molecule has 0 radical (unpaired) electrons. The van der Waals surface area contributed by atoms with E-state index in [1.807, 2.05) is 19.1 Å². The Kier molecular flexibility index (Phi) is 4.74. The molecule has 4 rings (SSSR count). The Hall–Kier alpha value is -3.00. The van der Waals surface area contributed by atoms with E-state index in [0.717, 1.165) is 35.4 Å². The van der Waals surface area contributed by atoms with Gasteiger partial charge in [0.2, 0.25) is 0 Å². The number of anilines is 1. The standard InChI is InChI=1S/C20H14ClF3N2O3/c1-10-6-12-7-11(2-5-17(12)28-10)18-9-16(26-29-18)19(27)25-13-3-4-15(21)14(8-13)20(22,23)24/h2-5,7-10H,6H2,1H3,(H,25,27)/t10-/m1/s1. The molecule has 150 valence electrons. The third kappa shape index (κ3) is 3.93. The lowest BCUT2D eigenvalue weighted by molar-refractivity contribution is -0.137. The summed E-state index contributed by atoms with van der Waals surface area (Å²) in [6.45, 7) is 1.97. The molecule has 1 atom stereocenters. The first-order chi connectivity index (χ1) is 13.7. The summed E-state index contributed by atoms with van der Waals surface area (Å²) in [5, 5.41) is 5.64. The van der Waals surface area contributed by atoms with Crippen molar-refractivity contribution < 1.29 is 27.2 Å². The first-order valence-electron chi connectivity index (χ1n) is 8.65. The Labute approximate surface area is 168 Å². The zero-order valence-corrected chi connectivity index (χ0v) is 15.8. The first-order valence-corrected chi connectivity index (χ1v) is 9.03. The number of benzene rings is 2. The average Bonchev–Trinajstić information content (AvgIpc) is 3.27. The van der Waals surface area contributed by atoms with E-state index in [2.05, 4.69) is 10.5 Å². The minimum atomic E-state index is -4.63. The Bertz CT molecular complexity index is 1090. The number of nitrogens with zero attached hydrogens (tertiary/aromatic N) is 1. The van der Waals surface area contributed by atoms with Crippen molar-refractivity contribution >= 4 is 23.2 Å². The molecule has 29 heavy (non-hydrogen) atoms. The molecule has 0 saturated heterocycles. The molecule has 2 heterocycles. The number of hydrogen-bond acceptors (Lipinski definition) is 4. The molecule has 1 aromatic heterocycles. The number of carbonyl (C=O) groups is 1. The van der Waals surface area contributed by atoms with Crippen molar-refractivity contribution in [1.82, 2.24) is 5.16 Å². The van der Waals surface area contributed by atoms with Gasteiger partial charge in [-0.3, -0.25) is 4.79 Å². The van der Waals surface area contributed by atoms with Crippen LogP contribution in [-0.4, -0.2) is 17.2 Å². The Morgan fingerprint density at radius 3 is 2.76 bits per heavy atom. The lowest BCUT2D eigenvalue weighted by atomic mass is 10.1. The highest BCUT2D eigenvalue weighted by atomic mass is 35.5. The van der Waals surface area contributed by atoms with Crippen LogP contribution in [0.5, 0.6) is 5.75 Å². The summed E-state index contributed by atoms with van der Waals surface area (Å²) in [5.41, 5.74) is 0.595. The van der Waals surface area contributed by atoms with Crippen molar-refractivity contribution in [2.75, 3.05) is 5.32 Å². The number of hydrogen-bond donors (Lipinski definition) is 1. The zero-order chi connectivity index (χ0) is 20.8. The monoisotopic (exact) mass is 422 g/mol. The molecule has 1 amide bonds. The molecule has 0 bridgehead atoms. The van der Waals surface area contributed by atoms with Crippen molar-refractivity contribution in [2.45, 2.75) is 25.6 Å². The fourth-order valence-corrected chi connectivity index (χ4v) is 3.33. The summed E-state index contributed by atoms with van der Waals surface area (Å²) in [5.74, 6) is 0.472. The molecule has 0 unspecified atom stereocenters. The van der Waals surface area contributed by atoms with E-state index < -0.39 is 22.7 Å². The molecule has 1 N–H and O–H groups in total. The van der Waals surface area contributed by atoms with E-state index in [9.17, 15) is 18.0 Å². The third-order valence-corrected chi connectivity index (χ3v) is 4.78. The predicted octanol–water partition coefficient (Wildman–Crippen LogP) is 5.59. The van der Waals surface area contributed by atoms with Gasteiger partial charge in [0.15, 0.2) is 11.5 Å². The van der Waals surface area contributed by atoms with E-state index in [4.69, 9.17) is 20.9 Å². The second kappa shape index (κ2) is 7.11. The largest absolute Gasteiger partial charge is 0.490 e. The van der Waals surface area contributed by atoms with Gasteiger partial charge in [-0.15, -0.1) is 0 Å². The number of halogens is 4. The van der Waals surface area contributed by atoms with Crippen molar-refractivity contribution in [3.05, 3.63) is 64.3 Å². The van der Waals surface area contributed by atoms with Gasteiger partial charge >= 0.3 is 6.18 Å². The van der Waals surface area contributed by atoms with Crippen LogP contribution in [-0.2, 0) is 12.6 Å². The zero-order valence-electron chi connectivity index (χ0n) is 15.0. The summed E-state index contributed by atoms with van der Waals surface area (Å²) in [4.78, 5) is 12.4. The van der Waals surface area contributed by atoms with Crippen molar-refractivity contribution in [1.29, 1.82) is 0 Å². The number of alkyl halides is 3. The number of fused-ring (bicyclic) bond motifs is 1. The van der Waals surface area contributed by atoms with E-state index in [0.29, 0.717) is 5.76 Å². The summed E-state index contributed by atoms with van der Waals surface area (Å²) in [7, 11) is 0. The Balaban J connectivity index is 1.53. The molecule has 0 spiro atoms. The van der Waals surface area contributed by atoms with Crippen LogP contribution in [0.2, 0.25) is 5.02 Å². The minimum absolute atomic E-state index is 0.0556. The van der Waals surface area contributed by atoms with Crippen LogP contribution >= 0.6 is 11.6 Å². The topological polar surface area (TPSA) is 64.4 Å². The second-order valence-corrected chi connectivity index (χ2v) is 7.09. The Morgan fingerprint density at radius 2 is 2.00 bits per heavy atom. The molecule has 5 nitrogen and oxygen atoms in total. The lowest BCUT2D eigenvalue weighted by Gasteiger charge is -2.11. The summed E-state index contributed by atoms with van der Waals surface area (Å²) < 4.78 is 49.8. The molecule has 9 heteroatoms. The number of aromatic nitrogens is 1. The highest BCUT2D eigenvalue weighted by Crippen LogP contribution is 2.36. The number of nitrogens with one attached hydrogen (secondary N) is 1. The maximum atomic E-state index is 13.0. The molecular weight excluding hydrogens is 409 g/mol. The molecule has 0 fully saturated rings. The van der Waals surface area contributed by atoms with Crippen molar-refractivity contribution in [2.24, 2.45) is 0 Å². The first kappa shape index (κ1) is 19.3. The smallest absolute Gasteiger partial charge is 0.417 e. The highest BCUT2D eigenvalue weighted by Gasteiger charge is 2.33. The Morgan fingerprint density at radius 1 is 1.21 bits per heavy atom. The fourth-order valence-electron chi connectivity index (χ4n) is 3.11. The van der Waals surface area contributed by atoms with Gasteiger partial charge < -0.3 is 14.6 Å². The van der Waals surface area contributed by atoms with Gasteiger partial charge in [-0.25, -0.2) is 0 Å². The van der Waals surface area contributed by atoms with Crippen molar-refractivity contribution in [3.63, 3.8) is 0 Å². The SMILES string of the molecule is C[C@@H]1Cc2cc(-c3cc(C(=O)Nc4ccc(Cl)c(C(F)(F)F)c4)no3)ccc2O1. The van der Waals surface area contributed by atoms with Gasteiger partial charge in [-0.2, -0.15) is 13.2 Å².